The molecule has 5 heteroatoms. The molecule has 1 aliphatic rings. The number of nitrogens with zero attached hydrogens (tertiary/aromatic N) is 1. The van der Waals surface area contributed by atoms with Gasteiger partial charge in [-0.3, -0.25) is 9.59 Å². The van der Waals surface area contributed by atoms with Crippen molar-refractivity contribution in [3.05, 3.63) is 36.4 Å². The lowest BCUT2D eigenvalue weighted by molar-refractivity contribution is -0.126. The molecule has 1 fully saturated rings. The Bertz CT molecular complexity index is 569. The highest BCUT2D eigenvalue weighted by Gasteiger charge is 2.36. The van der Waals surface area contributed by atoms with E-state index in [-0.39, 0.29) is 24.2 Å². The number of aryl methyl sites for hydroxylation is 1. The van der Waals surface area contributed by atoms with Crippen LogP contribution < -0.4 is 15.0 Å². The first-order valence-corrected chi connectivity index (χ1v) is 6.90. The number of methoxy groups -OCH3 is 1. The topological polar surface area (TPSA) is 58.6 Å². The van der Waals surface area contributed by atoms with Crippen LogP contribution in [-0.4, -0.2) is 32.0 Å². The summed E-state index contributed by atoms with van der Waals surface area (Å²) in [6, 6.07) is 5.67. The molecule has 112 valence electrons. The molecule has 1 atom stereocenters. The minimum atomic E-state index is -0.331. The van der Waals surface area contributed by atoms with Gasteiger partial charge in [0.2, 0.25) is 11.8 Å². The molecule has 0 bridgehead atoms. The van der Waals surface area contributed by atoms with Crippen LogP contribution in [-0.2, 0) is 9.59 Å². The average Bonchev–Trinajstić information content (AvgIpc) is 2.86. The fourth-order valence-electron chi connectivity index (χ4n) is 2.44. The summed E-state index contributed by atoms with van der Waals surface area (Å²) < 4.78 is 5.31. The SMILES string of the molecule is C=CCNC(=O)[C@@H]1CC(=O)N(c2cc(C)ccc2OC)C1. The van der Waals surface area contributed by atoms with Crippen molar-refractivity contribution in [3.63, 3.8) is 0 Å². The summed E-state index contributed by atoms with van der Waals surface area (Å²) in [5.41, 5.74) is 1.76. The minimum absolute atomic E-state index is 0.0577. The van der Waals surface area contributed by atoms with Gasteiger partial charge in [-0.05, 0) is 24.6 Å². The van der Waals surface area contributed by atoms with Crippen molar-refractivity contribution >= 4 is 17.5 Å². The van der Waals surface area contributed by atoms with Gasteiger partial charge in [-0.2, -0.15) is 0 Å². The van der Waals surface area contributed by atoms with Crippen molar-refractivity contribution in [3.8, 4) is 5.75 Å². The second-order valence-electron chi connectivity index (χ2n) is 5.11. The largest absolute Gasteiger partial charge is 0.495 e. The van der Waals surface area contributed by atoms with Gasteiger partial charge >= 0.3 is 0 Å². The molecule has 1 aromatic rings. The Morgan fingerprint density at radius 3 is 3.00 bits per heavy atom. The summed E-state index contributed by atoms with van der Waals surface area (Å²) in [5.74, 6) is 0.138. The van der Waals surface area contributed by atoms with Gasteiger partial charge in [0.15, 0.2) is 0 Å². The smallest absolute Gasteiger partial charge is 0.227 e. The van der Waals surface area contributed by atoms with Crippen LogP contribution in [0.15, 0.2) is 30.9 Å². The van der Waals surface area contributed by atoms with Gasteiger partial charge in [0.1, 0.15) is 5.75 Å². The van der Waals surface area contributed by atoms with Crippen LogP contribution in [0, 0.1) is 12.8 Å². The lowest BCUT2D eigenvalue weighted by atomic mass is 10.1. The second-order valence-corrected chi connectivity index (χ2v) is 5.11. The van der Waals surface area contributed by atoms with Crippen LogP contribution >= 0.6 is 0 Å². The van der Waals surface area contributed by atoms with E-state index >= 15 is 0 Å². The van der Waals surface area contributed by atoms with Gasteiger partial charge < -0.3 is 15.0 Å². The number of anilines is 1. The molecular weight excluding hydrogens is 268 g/mol. The number of amides is 2. The Morgan fingerprint density at radius 2 is 2.33 bits per heavy atom. The van der Waals surface area contributed by atoms with E-state index in [1.54, 1.807) is 18.1 Å². The molecule has 1 aliphatic heterocycles. The molecule has 1 saturated heterocycles. The third kappa shape index (κ3) is 3.24. The number of nitrogens with one attached hydrogen (secondary N) is 1. The van der Waals surface area contributed by atoms with E-state index in [0.29, 0.717) is 18.8 Å². The zero-order valence-electron chi connectivity index (χ0n) is 12.4. The summed E-state index contributed by atoms with van der Waals surface area (Å²) in [6.45, 7) is 6.31. The highest BCUT2D eigenvalue weighted by molar-refractivity contribution is 6.01. The van der Waals surface area contributed by atoms with Crippen molar-refractivity contribution in [2.24, 2.45) is 5.92 Å². The molecule has 21 heavy (non-hydrogen) atoms. The Hall–Kier alpha value is -2.30. The zero-order valence-corrected chi connectivity index (χ0v) is 12.4. The Labute approximate surface area is 124 Å². The highest BCUT2D eigenvalue weighted by Crippen LogP contribution is 2.33. The molecule has 0 aromatic heterocycles. The van der Waals surface area contributed by atoms with Crippen molar-refractivity contribution in [2.45, 2.75) is 13.3 Å². The standard InChI is InChI=1S/C16H20N2O3/c1-4-7-17-16(20)12-9-15(19)18(10-12)13-8-11(2)5-6-14(13)21-3/h4-6,8,12H,1,7,9-10H2,2-3H3,(H,17,20)/t12-/m1/s1. The predicted octanol–water partition coefficient (Wildman–Crippen LogP) is 1.66. The summed E-state index contributed by atoms with van der Waals surface area (Å²) in [4.78, 5) is 25.8. The number of hydrogen-bond acceptors (Lipinski definition) is 3. The van der Waals surface area contributed by atoms with E-state index in [9.17, 15) is 9.59 Å². The van der Waals surface area contributed by atoms with Crippen molar-refractivity contribution in [1.82, 2.24) is 5.32 Å². The first kappa shape index (κ1) is 15.1. The quantitative estimate of drug-likeness (QED) is 0.838. The Morgan fingerprint density at radius 1 is 1.57 bits per heavy atom. The van der Waals surface area contributed by atoms with Gasteiger partial charge in [0, 0.05) is 19.5 Å². The van der Waals surface area contributed by atoms with Crippen molar-refractivity contribution in [2.75, 3.05) is 25.1 Å². The zero-order chi connectivity index (χ0) is 15.4. The number of benzene rings is 1. The van der Waals surface area contributed by atoms with Crippen LogP contribution in [0.4, 0.5) is 5.69 Å². The van der Waals surface area contributed by atoms with Crippen LogP contribution in [0.2, 0.25) is 0 Å². The van der Waals surface area contributed by atoms with E-state index in [4.69, 9.17) is 4.74 Å². The van der Waals surface area contributed by atoms with Crippen LogP contribution in [0.3, 0.4) is 0 Å². The molecule has 2 rings (SSSR count). The van der Waals surface area contributed by atoms with Gasteiger partial charge in [-0.1, -0.05) is 12.1 Å². The van der Waals surface area contributed by atoms with Crippen molar-refractivity contribution < 1.29 is 14.3 Å². The lowest BCUT2D eigenvalue weighted by Crippen LogP contribution is -2.33. The van der Waals surface area contributed by atoms with Crippen LogP contribution in [0.1, 0.15) is 12.0 Å². The normalized spacial score (nSPS) is 17.7. The van der Waals surface area contributed by atoms with E-state index in [1.807, 2.05) is 25.1 Å². The molecule has 1 N–H and O–H groups in total. The molecule has 2 amide bonds. The molecule has 0 saturated carbocycles. The minimum Gasteiger partial charge on any atom is -0.495 e. The predicted molar refractivity (Wildman–Crippen MR) is 81.4 cm³/mol. The molecule has 0 radical (unpaired) electrons. The number of ether oxygens (including phenoxy) is 1. The molecule has 1 aromatic carbocycles. The number of rotatable bonds is 5. The molecule has 5 nitrogen and oxygen atoms in total. The maximum absolute atomic E-state index is 12.2. The summed E-state index contributed by atoms with van der Waals surface area (Å²) in [5, 5.41) is 2.74. The molecule has 0 spiro atoms. The lowest BCUT2D eigenvalue weighted by Gasteiger charge is -2.20. The average molecular weight is 288 g/mol. The van der Waals surface area contributed by atoms with E-state index in [2.05, 4.69) is 11.9 Å². The number of carbonyl (C=O) groups excluding carboxylic acids is 2. The van der Waals surface area contributed by atoms with E-state index < -0.39 is 0 Å². The van der Waals surface area contributed by atoms with E-state index in [1.165, 1.54) is 0 Å². The van der Waals surface area contributed by atoms with Gasteiger partial charge in [-0.15, -0.1) is 6.58 Å². The van der Waals surface area contributed by atoms with Gasteiger partial charge in [-0.25, -0.2) is 0 Å². The fourth-order valence-corrected chi connectivity index (χ4v) is 2.44. The number of carbonyl (C=O) groups is 2. The third-order valence-electron chi connectivity index (χ3n) is 3.54. The maximum Gasteiger partial charge on any atom is 0.227 e. The first-order chi connectivity index (χ1) is 10.1. The van der Waals surface area contributed by atoms with Gasteiger partial charge in [0.05, 0.1) is 18.7 Å². The summed E-state index contributed by atoms with van der Waals surface area (Å²) in [7, 11) is 1.57. The molecule has 0 aliphatic carbocycles. The molecule has 1 heterocycles. The number of hydrogen-bond donors (Lipinski definition) is 1. The summed E-state index contributed by atoms with van der Waals surface area (Å²) >= 11 is 0. The molecule has 0 unspecified atom stereocenters. The van der Waals surface area contributed by atoms with Crippen LogP contribution in [0.25, 0.3) is 0 Å². The maximum atomic E-state index is 12.2. The van der Waals surface area contributed by atoms with E-state index in [0.717, 1.165) is 11.3 Å². The third-order valence-corrected chi connectivity index (χ3v) is 3.54. The Kier molecular flexibility index (Phi) is 4.62. The molecular formula is C16H20N2O3. The second kappa shape index (κ2) is 6.43. The Balaban J connectivity index is 2.18. The van der Waals surface area contributed by atoms with Crippen LogP contribution in [0.5, 0.6) is 5.75 Å². The monoisotopic (exact) mass is 288 g/mol. The van der Waals surface area contributed by atoms with Gasteiger partial charge in [0.25, 0.3) is 0 Å². The fraction of sp³-hybridized carbons (Fsp3) is 0.375. The van der Waals surface area contributed by atoms with Crippen molar-refractivity contribution in [1.29, 1.82) is 0 Å². The highest BCUT2D eigenvalue weighted by atomic mass is 16.5. The summed E-state index contributed by atoms with van der Waals surface area (Å²) in [6.07, 6.45) is 1.84. The first-order valence-electron chi connectivity index (χ1n) is 6.90.